The fourth-order valence-corrected chi connectivity index (χ4v) is 2.90. The smallest absolute Gasteiger partial charge is 0.259 e. The molecule has 8 heteroatoms. The molecular formula is C14H14FN3O4. The molecule has 0 saturated carbocycles. The van der Waals surface area contributed by atoms with Crippen molar-refractivity contribution in [1.82, 2.24) is 10.2 Å². The van der Waals surface area contributed by atoms with Crippen LogP contribution in [0.1, 0.15) is 28.8 Å². The highest BCUT2D eigenvalue weighted by Gasteiger charge is 2.41. The van der Waals surface area contributed by atoms with Crippen LogP contribution in [-0.4, -0.2) is 33.0 Å². The van der Waals surface area contributed by atoms with Crippen molar-refractivity contribution >= 4 is 17.5 Å². The van der Waals surface area contributed by atoms with E-state index in [9.17, 15) is 24.2 Å². The molecule has 2 amide bonds. The molecule has 0 aromatic heterocycles. The summed E-state index contributed by atoms with van der Waals surface area (Å²) in [7, 11) is 0. The number of aromatic hydroxyl groups is 2. The zero-order valence-corrected chi connectivity index (χ0v) is 11.5. The second-order valence-corrected chi connectivity index (χ2v) is 5.34. The summed E-state index contributed by atoms with van der Waals surface area (Å²) in [6.45, 7) is 3.73. The van der Waals surface area contributed by atoms with Gasteiger partial charge < -0.3 is 26.2 Å². The lowest BCUT2D eigenvalue weighted by molar-refractivity contribution is -0.121. The van der Waals surface area contributed by atoms with Crippen molar-refractivity contribution in [3.8, 4) is 11.5 Å². The Morgan fingerprint density at radius 2 is 2.00 bits per heavy atom. The third kappa shape index (κ3) is 1.80. The number of carbonyl (C=O) groups excluding carboxylic acids is 2. The van der Waals surface area contributed by atoms with Crippen LogP contribution in [0.4, 0.5) is 10.1 Å². The molecule has 1 aromatic rings. The van der Waals surface area contributed by atoms with E-state index in [0.29, 0.717) is 12.1 Å². The topological polar surface area (TPSA) is 116 Å². The Labute approximate surface area is 124 Å². The van der Waals surface area contributed by atoms with E-state index < -0.39 is 29.3 Å². The predicted octanol–water partition coefficient (Wildman–Crippen LogP) is 0.567. The standard InChI is InChI=1S/C14H14FN3O4/c1-5-7(2-3-8(19)17-5)18-4-6-9(14(18)22)12(20)10(15)13(21)11(6)16/h7,20-21H,1-4,16H2,(H,17,19). The summed E-state index contributed by atoms with van der Waals surface area (Å²) in [5, 5.41) is 21.9. The zero-order valence-electron chi connectivity index (χ0n) is 11.5. The van der Waals surface area contributed by atoms with Crippen molar-refractivity contribution < 1.29 is 24.2 Å². The highest BCUT2D eigenvalue weighted by molar-refractivity contribution is 6.03. The normalized spacial score (nSPS) is 21.0. The molecule has 1 atom stereocenters. The highest BCUT2D eigenvalue weighted by atomic mass is 19.1. The quantitative estimate of drug-likeness (QED) is 0.344. The number of fused-ring (bicyclic) bond motifs is 1. The minimum absolute atomic E-state index is 0.000950. The van der Waals surface area contributed by atoms with Crippen LogP contribution in [0.5, 0.6) is 11.5 Å². The first kappa shape index (κ1) is 14.2. The van der Waals surface area contributed by atoms with Gasteiger partial charge >= 0.3 is 0 Å². The Kier molecular flexibility index (Phi) is 2.98. The van der Waals surface area contributed by atoms with Gasteiger partial charge in [-0.3, -0.25) is 9.59 Å². The SMILES string of the molecule is C=C1NC(=O)CCC1N1Cc2c(N)c(O)c(F)c(O)c2C1=O. The Morgan fingerprint density at radius 1 is 1.32 bits per heavy atom. The minimum atomic E-state index is -1.32. The van der Waals surface area contributed by atoms with E-state index in [2.05, 4.69) is 11.9 Å². The van der Waals surface area contributed by atoms with E-state index in [0.717, 1.165) is 0 Å². The number of nitrogens with one attached hydrogen (secondary N) is 1. The number of carbonyl (C=O) groups is 2. The number of benzene rings is 1. The van der Waals surface area contributed by atoms with Gasteiger partial charge in [0.15, 0.2) is 11.5 Å². The number of hydrogen-bond donors (Lipinski definition) is 4. The molecule has 1 unspecified atom stereocenters. The molecule has 3 rings (SSSR count). The summed E-state index contributed by atoms with van der Waals surface area (Å²) < 4.78 is 13.7. The summed E-state index contributed by atoms with van der Waals surface area (Å²) in [6, 6.07) is -0.471. The number of nitrogen functional groups attached to an aromatic ring is 1. The Hall–Kier alpha value is -2.77. The van der Waals surface area contributed by atoms with E-state index in [1.807, 2.05) is 0 Å². The zero-order chi connectivity index (χ0) is 16.2. The first-order valence-corrected chi connectivity index (χ1v) is 6.64. The lowest BCUT2D eigenvalue weighted by Gasteiger charge is -2.32. The minimum Gasteiger partial charge on any atom is -0.504 e. The first-order chi connectivity index (χ1) is 10.3. The van der Waals surface area contributed by atoms with E-state index in [-0.39, 0.29) is 35.7 Å². The van der Waals surface area contributed by atoms with Gasteiger partial charge in [0.25, 0.3) is 5.91 Å². The third-order valence-corrected chi connectivity index (χ3v) is 4.06. The number of hydrogen-bond acceptors (Lipinski definition) is 5. The highest BCUT2D eigenvalue weighted by Crippen LogP contribution is 2.43. The molecule has 1 fully saturated rings. The number of halogens is 1. The van der Waals surface area contributed by atoms with E-state index in [1.54, 1.807) is 0 Å². The summed E-state index contributed by atoms with van der Waals surface area (Å²) in [6.07, 6.45) is 0.602. The Bertz CT molecular complexity index is 732. The van der Waals surface area contributed by atoms with Crippen LogP contribution >= 0.6 is 0 Å². The molecule has 0 aliphatic carbocycles. The molecule has 0 bridgehead atoms. The van der Waals surface area contributed by atoms with Gasteiger partial charge in [-0.05, 0) is 6.42 Å². The Balaban J connectivity index is 2.02. The number of rotatable bonds is 1. The van der Waals surface area contributed by atoms with Crippen LogP contribution in [0.2, 0.25) is 0 Å². The summed E-state index contributed by atoms with van der Waals surface area (Å²) in [4.78, 5) is 25.1. The maximum Gasteiger partial charge on any atom is 0.259 e. The number of nitrogens with two attached hydrogens (primary N) is 1. The molecular weight excluding hydrogens is 293 g/mol. The maximum atomic E-state index is 13.7. The molecule has 7 nitrogen and oxygen atoms in total. The number of piperidine rings is 1. The number of amides is 2. The molecule has 2 heterocycles. The average molecular weight is 307 g/mol. The van der Waals surface area contributed by atoms with Crippen molar-refractivity contribution in [2.24, 2.45) is 0 Å². The fraction of sp³-hybridized carbons (Fsp3) is 0.286. The van der Waals surface area contributed by atoms with Gasteiger partial charge in [-0.25, -0.2) is 0 Å². The lowest BCUT2D eigenvalue weighted by Crippen LogP contribution is -2.45. The van der Waals surface area contributed by atoms with Crippen LogP contribution in [0.15, 0.2) is 12.3 Å². The van der Waals surface area contributed by atoms with Gasteiger partial charge in [-0.15, -0.1) is 0 Å². The van der Waals surface area contributed by atoms with Crippen molar-refractivity contribution in [1.29, 1.82) is 0 Å². The molecule has 22 heavy (non-hydrogen) atoms. The van der Waals surface area contributed by atoms with Crippen LogP contribution in [0.3, 0.4) is 0 Å². The average Bonchev–Trinajstić information content (AvgIpc) is 2.81. The monoisotopic (exact) mass is 307 g/mol. The van der Waals surface area contributed by atoms with Crippen molar-refractivity contribution in [2.75, 3.05) is 5.73 Å². The summed E-state index contributed by atoms with van der Waals surface area (Å²) in [5.41, 5.74) is 5.65. The largest absolute Gasteiger partial charge is 0.504 e. The van der Waals surface area contributed by atoms with Crippen molar-refractivity contribution in [2.45, 2.75) is 25.4 Å². The number of nitrogens with zero attached hydrogens (tertiary/aromatic N) is 1. The van der Waals surface area contributed by atoms with Crippen LogP contribution in [0.25, 0.3) is 0 Å². The second-order valence-electron chi connectivity index (χ2n) is 5.34. The van der Waals surface area contributed by atoms with Crippen LogP contribution < -0.4 is 11.1 Å². The summed E-state index contributed by atoms with van der Waals surface area (Å²) >= 11 is 0. The molecule has 0 spiro atoms. The van der Waals surface area contributed by atoms with E-state index in [1.165, 1.54) is 4.90 Å². The van der Waals surface area contributed by atoms with Crippen molar-refractivity contribution in [3.05, 3.63) is 29.2 Å². The Morgan fingerprint density at radius 3 is 2.64 bits per heavy atom. The number of phenolic OH excluding ortho intramolecular Hbond substituents is 2. The van der Waals surface area contributed by atoms with Gasteiger partial charge in [0.05, 0.1) is 17.3 Å². The predicted molar refractivity (Wildman–Crippen MR) is 74.3 cm³/mol. The lowest BCUT2D eigenvalue weighted by atomic mass is 10.0. The second kappa shape index (κ2) is 4.62. The molecule has 5 N–H and O–H groups in total. The molecule has 0 radical (unpaired) electrons. The number of anilines is 1. The summed E-state index contributed by atoms with van der Waals surface area (Å²) in [5.74, 6) is -3.90. The van der Waals surface area contributed by atoms with Crippen LogP contribution in [0, 0.1) is 5.82 Å². The number of phenols is 2. The van der Waals surface area contributed by atoms with Crippen molar-refractivity contribution in [3.63, 3.8) is 0 Å². The van der Waals surface area contributed by atoms with Gasteiger partial charge in [0.2, 0.25) is 11.7 Å². The third-order valence-electron chi connectivity index (χ3n) is 4.06. The van der Waals surface area contributed by atoms with Gasteiger partial charge in [0, 0.05) is 24.2 Å². The van der Waals surface area contributed by atoms with Gasteiger partial charge in [-0.1, -0.05) is 6.58 Å². The van der Waals surface area contributed by atoms with Crippen LogP contribution in [-0.2, 0) is 11.3 Å². The molecule has 2 aliphatic rings. The molecule has 1 aromatic carbocycles. The molecule has 1 saturated heterocycles. The maximum absolute atomic E-state index is 13.7. The fourth-order valence-electron chi connectivity index (χ4n) is 2.90. The molecule has 2 aliphatic heterocycles. The first-order valence-electron chi connectivity index (χ1n) is 6.64. The van der Waals surface area contributed by atoms with Gasteiger partial charge in [0.1, 0.15) is 0 Å². The van der Waals surface area contributed by atoms with Gasteiger partial charge in [-0.2, -0.15) is 4.39 Å². The van der Waals surface area contributed by atoms with E-state index >= 15 is 0 Å². The van der Waals surface area contributed by atoms with E-state index in [4.69, 9.17) is 5.73 Å². The molecule has 116 valence electrons.